The maximum Gasteiger partial charge on any atom is 0.133 e. The molecule has 1 atom stereocenters. The maximum atomic E-state index is 11.2. The van der Waals surface area contributed by atoms with Crippen LogP contribution in [0.1, 0.15) is 52.4 Å². The van der Waals surface area contributed by atoms with E-state index < -0.39 is 0 Å². The number of hydrogen-bond acceptors (Lipinski definition) is 1. The van der Waals surface area contributed by atoms with Gasteiger partial charge in [-0.2, -0.15) is 0 Å². The average molecular weight is 166 g/mol. The van der Waals surface area contributed by atoms with Gasteiger partial charge in [0, 0.05) is 12.8 Å². The first-order valence-corrected chi connectivity index (χ1v) is 5.03. The third-order valence-corrected chi connectivity index (χ3v) is 3.69. The third-order valence-electron chi connectivity index (χ3n) is 3.69. The van der Waals surface area contributed by atoms with E-state index in [0.29, 0.717) is 16.6 Å². The van der Waals surface area contributed by atoms with Crippen molar-refractivity contribution in [3.8, 4) is 0 Å². The van der Waals surface area contributed by atoms with Crippen LogP contribution in [0.4, 0.5) is 0 Å². The lowest BCUT2D eigenvalue weighted by molar-refractivity contribution is -0.118. The van der Waals surface area contributed by atoms with E-state index in [1.807, 2.05) is 0 Å². The molecular formula is C11H18O. The quantitative estimate of drug-likeness (QED) is 0.540. The Morgan fingerprint density at radius 1 is 1.17 bits per heavy atom. The molecule has 0 saturated heterocycles. The summed E-state index contributed by atoms with van der Waals surface area (Å²) < 4.78 is 0. The first-order valence-electron chi connectivity index (χ1n) is 5.03. The lowest BCUT2D eigenvalue weighted by atomic mass is 9.80. The second-order valence-electron chi connectivity index (χ2n) is 5.56. The van der Waals surface area contributed by atoms with Crippen molar-refractivity contribution >= 4 is 5.78 Å². The van der Waals surface area contributed by atoms with Crippen molar-refractivity contribution in [2.45, 2.75) is 52.4 Å². The van der Waals surface area contributed by atoms with Crippen LogP contribution in [0.25, 0.3) is 0 Å². The molecule has 0 aliphatic heterocycles. The molecule has 0 aromatic carbocycles. The predicted octanol–water partition coefficient (Wildman–Crippen LogP) is 2.94. The van der Waals surface area contributed by atoms with Gasteiger partial charge in [0.2, 0.25) is 0 Å². The molecule has 2 saturated carbocycles. The molecule has 1 spiro atoms. The SMILES string of the molecule is CC1(C)CCC2(CCC(=O)C2)C1. The van der Waals surface area contributed by atoms with E-state index in [1.54, 1.807) is 0 Å². The van der Waals surface area contributed by atoms with E-state index in [-0.39, 0.29) is 0 Å². The highest BCUT2D eigenvalue weighted by molar-refractivity contribution is 5.81. The van der Waals surface area contributed by atoms with Crippen molar-refractivity contribution in [3.05, 3.63) is 0 Å². The topological polar surface area (TPSA) is 17.1 Å². The molecule has 0 aromatic rings. The van der Waals surface area contributed by atoms with Crippen LogP contribution in [-0.2, 0) is 4.79 Å². The molecular weight excluding hydrogens is 148 g/mol. The molecule has 1 nitrogen and oxygen atoms in total. The molecule has 1 unspecified atom stereocenters. The fourth-order valence-corrected chi connectivity index (χ4v) is 3.16. The molecule has 2 aliphatic carbocycles. The average Bonchev–Trinajstić information content (AvgIpc) is 2.41. The van der Waals surface area contributed by atoms with Crippen LogP contribution in [0.15, 0.2) is 0 Å². The number of Topliss-reactive ketones (excluding diaryl/α,β-unsaturated/α-hetero) is 1. The van der Waals surface area contributed by atoms with Crippen molar-refractivity contribution in [1.29, 1.82) is 0 Å². The number of rotatable bonds is 0. The Morgan fingerprint density at radius 3 is 2.33 bits per heavy atom. The van der Waals surface area contributed by atoms with E-state index in [1.165, 1.54) is 25.7 Å². The minimum Gasteiger partial charge on any atom is -0.300 e. The molecule has 0 heterocycles. The monoisotopic (exact) mass is 166 g/mol. The first-order chi connectivity index (χ1) is 5.52. The Morgan fingerprint density at radius 2 is 1.92 bits per heavy atom. The summed E-state index contributed by atoms with van der Waals surface area (Å²) in [5.74, 6) is 0.507. The minimum absolute atomic E-state index is 0.445. The molecule has 0 bridgehead atoms. The zero-order valence-corrected chi connectivity index (χ0v) is 8.15. The zero-order chi connectivity index (χ0) is 8.82. The Labute approximate surface area is 74.5 Å². The Kier molecular flexibility index (Phi) is 1.61. The van der Waals surface area contributed by atoms with Crippen LogP contribution >= 0.6 is 0 Å². The molecule has 0 amide bonds. The maximum absolute atomic E-state index is 11.2. The number of carbonyl (C=O) groups excluding carboxylic acids is 1. The summed E-state index contributed by atoms with van der Waals surface area (Å²) in [6.45, 7) is 4.68. The summed E-state index contributed by atoms with van der Waals surface area (Å²) >= 11 is 0. The molecule has 2 aliphatic rings. The molecule has 0 radical (unpaired) electrons. The third kappa shape index (κ3) is 1.30. The van der Waals surface area contributed by atoms with Crippen LogP contribution in [-0.4, -0.2) is 5.78 Å². The summed E-state index contributed by atoms with van der Waals surface area (Å²) in [7, 11) is 0. The van der Waals surface area contributed by atoms with Gasteiger partial charge in [-0.1, -0.05) is 13.8 Å². The van der Waals surface area contributed by atoms with E-state index in [4.69, 9.17) is 0 Å². The number of carbonyl (C=O) groups is 1. The summed E-state index contributed by atoms with van der Waals surface area (Å²) in [6, 6.07) is 0. The van der Waals surface area contributed by atoms with Gasteiger partial charge in [0.15, 0.2) is 0 Å². The summed E-state index contributed by atoms with van der Waals surface area (Å²) in [5.41, 5.74) is 0.950. The highest BCUT2D eigenvalue weighted by atomic mass is 16.1. The molecule has 68 valence electrons. The van der Waals surface area contributed by atoms with Crippen molar-refractivity contribution in [2.75, 3.05) is 0 Å². The van der Waals surface area contributed by atoms with Crippen LogP contribution in [0.2, 0.25) is 0 Å². The van der Waals surface area contributed by atoms with E-state index in [9.17, 15) is 4.79 Å². The van der Waals surface area contributed by atoms with E-state index >= 15 is 0 Å². The van der Waals surface area contributed by atoms with Crippen molar-refractivity contribution in [1.82, 2.24) is 0 Å². The molecule has 1 heteroatoms. The second kappa shape index (κ2) is 2.34. The predicted molar refractivity (Wildman–Crippen MR) is 48.9 cm³/mol. The molecule has 0 N–H and O–H groups in total. The van der Waals surface area contributed by atoms with Gasteiger partial charge < -0.3 is 0 Å². The Bertz CT molecular complexity index is 217. The fourth-order valence-electron chi connectivity index (χ4n) is 3.16. The minimum atomic E-state index is 0.445. The molecule has 2 fully saturated rings. The van der Waals surface area contributed by atoms with Crippen LogP contribution in [0, 0.1) is 10.8 Å². The van der Waals surface area contributed by atoms with Gasteiger partial charge in [-0.05, 0) is 36.5 Å². The highest BCUT2D eigenvalue weighted by Crippen LogP contribution is 2.56. The molecule has 12 heavy (non-hydrogen) atoms. The van der Waals surface area contributed by atoms with Crippen LogP contribution in [0.5, 0.6) is 0 Å². The standard InChI is InChI=1S/C11H18O/c1-10(2)5-6-11(8-10)4-3-9(12)7-11/h3-8H2,1-2H3. The smallest absolute Gasteiger partial charge is 0.133 e. The van der Waals surface area contributed by atoms with Gasteiger partial charge in [-0.25, -0.2) is 0 Å². The summed E-state index contributed by atoms with van der Waals surface area (Å²) in [6.07, 6.45) is 6.82. The lowest BCUT2D eigenvalue weighted by Crippen LogP contribution is -2.15. The first kappa shape index (κ1) is 8.28. The van der Waals surface area contributed by atoms with Crippen molar-refractivity contribution in [3.63, 3.8) is 0 Å². The van der Waals surface area contributed by atoms with Crippen molar-refractivity contribution in [2.24, 2.45) is 10.8 Å². The van der Waals surface area contributed by atoms with Gasteiger partial charge in [0.05, 0.1) is 0 Å². The zero-order valence-electron chi connectivity index (χ0n) is 8.15. The normalized spacial score (nSPS) is 39.7. The Hall–Kier alpha value is -0.330. The van der Waals surface area contributed by atoms with Gasteiger partial charge in [0.1, 0.15) is 5.78 Å². The van der Waals surface area contributed by atoms with Gasteiger partial charge >= 0.3 is 0 Å². The largest absolute Gasteiger partial charge is 0.300 e. The Balaban J connectivity index is 2.11. The summed E-state index contributed by atoms with van der Waals surface area (Å²) in [5, 5.41) is 0. The van der Waals surface area contributed by atoms with Gasteiger partial charge in [0.25, 0.3) is 0 Å². The van der Waals surface area contributed by atoms with E-state index in [0.717, 1.165) is 12.8 Å². The number of ketones is 1. The lowest BCUT2D eigenvalue weighted by Gasteiger charge is -2.24. The van der Waals surface area contributed by atoms with Crippen molar-refractivity contribution < 1.29 is 4.79 Å². The van der Waals surface area contributed by atoms with Gasteiger partial charge in [-0.15, -0.1) is 0 Å². The fraction of sp³-hybridized carbons (Fsp3) is 0.909. The van der Waals surface area contributed by atoms with Crippen LogP contribution in [0.3, 0.4) is 0 Å². The van der Waals surface area contributed by atoms with E-state index in [2.05, 4.69) is 13.8 Å². The summed E-state index contributed by atoms with van der Waals surface area (Å²) in [4.78, 5) is 11.2. The molecule has 2 rings (SSSR count). The molecule has 0 aromatic heterocycles. The van der Waals surface area contributed by atoms with Crippen LogP contribution < -0.4 is 0 Å². The van der Waals surface area contributed by atoms with Gasteiger partial charge in [-0.3, -0.25) is 4.79 Å². The highest BCUT2D eigenvalue weighted by Gasteiger charge is 2.46. The number of hydrogen-bond donors (Lipinski definition) is 0. The second-order valence-corrected chi connectivity index (χ2v) is 5.56.